The number of rotatable bonds is 4. The molecule has 0 saturated carbocycles. The minimum atomic E-state index is -0.234. The first-order valence-electron chi connectivity index (χ1n) is 5.07. The van der Waals surface area contributed by atoms with Gasteiger partial charge in [-0.25, -0.2) is 0 Å². The predicted octanol–water partition coefficient (Wildman–Crippen LogP) is 2.87. The molecule has 0 aromatic heterocycles. The van der Waals surface area contributed by atoms with Crippen LogP contribution in [0.5, 0.6) is 5.75 Å². The predicted molar refractivity (Wildman–Crippen MR) is 65.8 cm³/mol. The molecule has 0 radical (unpaired) electrons. The van der Waals surface area contributed by atoms with Crippen molar-refractivity contribution in [2.75, 3.05) is 13.7 Å². The Morgan fingerprint density at radius 1 is 1.44 bits per heavy atom. The normalized spacial score (nSPS) is 10.0. The van der Waals surface area contributed by atoms with Crippen molar-refractivity contribution >= 4 is 21.9 Å². The zero-order valence-corrected chi connectivity index (χ0v) is 11.3. The third-order valence-corrected chi connectivity index (χ3v) is 3.12. The molecule has 1 aromatic carbocycles. The Morgan fingerprint density at radius 3 is 2.69 bits per heavy atom. The van der Waals surface area contributed by atoms with Gasteiger partial charge in [0, 0.05) is 15.6 Å². The molecular formula is C12H15BrO3. The zero-order valence-electron chi connectivity index (χ0n) is 9.67. The van der Waals surface area contributed by atoms with E-state index < -0.39 is 0 Å². The van der Waals surface area contributed by atoms with Gasteiger partial charge in [-0.15, -0.1) is 0 Å². The summed E-state index contributed by atoms with van der Waals surface area (Å²) in [5.41, 5.74) is 1.84. The summed E-state index contributed by atoms with van der Waals surface area (Å²) in [6, 6.07) is 3.78. The van der Waals surface area contributed by atoms with Crippen LogP contribution in [0.4, 0.5) is 0 Å². The number of carbonyl (C=O) groups excluding carboxylic acids is 1. The van der Waals surface area contributed by atoms with Crippen molar-refractivity contribution in [2.45, 2.75) is 20.3 Å². The Hall–Kier alpha value is -1.03. The number of esters is 1. The quantitative estimate of drug-likeness (QED) is 0.799. The second-order valence-electron chi connectivity index (χ2n) is 3.35. The van der Waals surface area contributed by atoms with Crippen LogP contribution in [0.3, 0.4) is 0 Å². The number of ether oxygens (including phenoxy) is 2. The van der Waals surface area contributed by atoms with Gasteiger partial charge in [0.2, 0.25) is 0 Å². The van der Waals surface area contributed by atoms with Crippen molar-refractivity contribution in [1.29, 1.82) is 0 Å². The molecule has 0 N–H and O–H groups in total. The van der Waals surface area contributed by atoms with E-state index in [9.17, 15) is 4.79 Å². The van der Waals surface area contributed by atoms with E-state index in [4.69, 9.17) is 9.47 Å². The summed E-state index contributed by atoms with van der Waals surface area (Å²) in [4.78, 5) is 11.4. The molecule has 0 unspecified atom stereocenters. The lowest BCUT2D eigenvalue weighted by Gasteiger charge is -2.12. The van der Waals surface area contributed by atoms with Crippen LogP contribution in [0.1, 0.15) is 18.1 Å². The fourth-order valence-corrected chi connectivity index (χ4v) is 1.83. The molecule has 0 aliphatic heterocycles. The van der Waals surface area contributed by atoms with Crippen LogP contribution in [0, 0.1) is 6.92 Å². The van der Waals surface area contributed by atoms with Gasteiger partial charge in [0.25, 0.3) is 0 Å². The van der Waals surface area contributed by atoms with Crippen LogP contribution in [0.15, 0.2) is 16.6 Å². The number of hydrogen-bond acceptors (Lipinski definition) is 3. The summed E-state index contributed by atoms with van der Waals surface area (Å²) >= 11 is 3.42. The second-order valence-corrected chi connectivity index (χ2v) is 4.20. The fourth-order valence-electron chi connectivity index (χ4n) is 1.51. The molecule has 3 nitrogen and oxygen atoms in total. The van der Waals surface area contributed by atoms with Crippen LogP contribution >= 0.6 is 15.9 Å². The van der Waals surface area contributed by atoms with Crippen LogP contribution in [-0.2, 0) is 16.0 Å². The highest BCUT2D eigenvalue weighted by atomic mass is 79.9. The lowest BCUT2D eigenvalue weighted by atomic mass is 10.1. The molecule has 0 atom stereocenters. The van der Waals surface area contributed by atoms with Crippen LogP contribution < -0.4 is 4.74 Å². The smallest absolute Gasteiger partial charge is 0.310 e. The van der Waals surface area contributed by atoms with E-state index in [2.05, 4.69) is 15.9 Å². The molecule has 4 heteroatoms. The van der Waals surface area contributed by atoms with Gasteiger partial charge in [0.1, 0.15) is 5.75 Å². The molecule has 0 aliphatic rings. The van der Waals surface area contributed by atoms with Crippen molar-refractivity contribution in [3.05, 3.63) is 27.7 Å². The Balaban J connectivity index is 2.96. The van der Waals surface area contributed by atoms with Gasteiger partial charge in [0.05, 0.1) is 20.1 Å². The number of halogens is 1. The van der Waals surface area contributed by atoms with Gasteiger partial charge in [0.15, 0.2) is 0 Å². The highest BCUT2D eigenvalue weighted by molar-refractivity contribution is 9.10. The summed E-state index contributed by atoms with van der Waals surface area (Å²) in [6.45, 7) is 4.14. The van der Waals surface area contributed by atoms with Gasteiger partial charge in [-0.05, 0) is 19.9 Å². The SMILES string of the molecule is CCOC(=O)Cc1ccc(Br)c(C)c1OC. The summed E-state index contributed by atoms with van der Waals surface area (Å²) in [6.07, 6.45) is 0.241. The Kier molecular flexibility index (Phi) is 4.80. The number of carbonyl (C=O) groups is 1. The maximum absolute atomic E-state index is 11.4. The standard InChI is InChI=1S/C12H15BrO3/c1-4-16-11(14)7-9-5-6-10(13)8(2)12(9)15-3/h5-6H,4,7H2,1-3H3. The van der Waals surface area contributed by atoms with E-state index in [-0.39, 0.29) is 12.4 Å². The van der Waals surface area contributed by atoms with Crippen molar-refractivity contribution in [1.82, 2.24) is 0 Å². The summed E-state index contributed by atoms with van der Waals surface area (Å²) < 4.78 is 11.2. The molecule has 0 saturated heterocycles. The average Bonchev–Trinajstić information content (AvgIpc) is 2.24. The van der Waals surface area contributed by atoms with E-state index in [1.807, 2.05) is 19.1 Å². The summed E-state index contributed by atoms with van der Waals surface area (Å²) in [5, 5.41) is 0. The monoisotopic (exact) mass is 286 g/mol. The topological polar surface area (TPSA) is 35.5 Å². The largest absolute Gasteiger partial charge is 0.496 e. The third-order valence-electron chi connectivity index (χ3n) is 2.27. The van der Waals surface area contributed by atoms with Crippen molar-refractivity contribution in [3.8, 4) is 5.75 Å². The Morgan fingerprint density at radius 2 is 2.12 bits per heavy atom. The van der Waals surface area contributed by atoms with E-state index in [0.29, 0.717) is 6.61 Å². The van der Waals surface area contributed by atoms with E-state index in [0.717, 1.165) is 21.3 Å². The lowest BCUT2D eigenvalue weighted by molar-refractivity contribution is -0.142. The Bertz CT molecular complexity index is 388. The van der Waals surface area contributed by atoms with Crippen LogP contribution in [0.25, 0.3) is 0 Å². The third kappa shape index (κ3) is 2.98. The number of methoxy groups -OCH3 is 1. The Labute approximate surface area is 104 Å². The zero-order chi connectivity index (χ0) is 12.1. The molecule has 16 heavy (non-hydrogen) atoms. The van der Waals surface area contributed by atoms with Gasteiger partial charge < -0.3 is 9.47 Å². The molecule has 1 aromatic rings. The van der Waals surface area contributed by atoms with Crippen LogP contribution in [0.2, 0.25) is 0 Å². The van der Waals surface area contributed by atoms with Crippen molar-refractivity contribution in [3.63, 3.8) is 0 Å². The molecule has 1 rings (SSSR count). The van der Waals surface area contributed by atoms with Gasteiger partial charge in [-0.3, -0.25) is 4.79 Å². The van der Waals surface area contributed by atoms with E-state index in [1.165, 1.54) is 0 Å². The minimum absolute atomic E-state index is 0.234. The molecule has 0 aliphatic carbocycles. The fraction of sp³-hybridized carbons (Fsp3) is 0.417. The maximum atomic E-state index is 11.4. The molecule has 0 heterocycles. The maximum Gasteiger partial charge on any atom is 0.310 e. The first-order valence-corrected chi connectivity index (χ1v) is 5.87. The average molecular weight is 287 g/mol. The summed E-state index contributed by atoms with van der Waals surface area (Å²) in [7, 11) is 1.60. The summed E-state index contributed by atoms with van der Waals surface area (Å²) in [5.74, 6) is 0.505. The molecular weight excluding hydrogens is 272 g/mol. The lowest BCUT2D eigenvalue weighted by Crippen LogP contribution is -2.09. The van der Waals surface area contributed by atoms with Gasteiger partial charge >= 0.3 is 5.97 Å². The molecule has 0 fully saturated rings. The number of hydrogen-bond donors (Lipinski definition) is 0. The second kappa shape index (κ2) is 5.89. The molecule has 0 bridgehead atoms. The first kappa shape index (κ1) is 13.0. The number of benzene rings is 1. The van der Waals surface area contributed by atoms with Crippen LogP contribution in [-0.4, -0.2) is 19.7 Å². The van der Waals surface area contributed by atoms with E-state index >= 15 is 0 Å². The van der Waals surface area contributed by atoms with Crippen molar-refractivity contribution in [2.24, 2.45) is 0 Å². The first-order chi connectivity index (χ1) is 7.60. The highest BCUT2D eigenvalue weighted by Gasteiger charge is 2.13. The highest BCUT2D eigenvalue weighted by Crippen LogP contribution is 2.30. The van der Waals surface area contributed by atoms with Crippen molar-refractivity contribution < 1.29 is 14.3 Å². The molecule has 88 valence electrons. The van der Waals surface area contributed by atoms with Gasteiger partial charge in [-0.1, -0.05) is 22.0 Å². The molecule has 0 spiro atoms. The van der Waals surface area contributed by atoms with Gasteiger partial charge in [-0.2, -0.15) is 0 Å². The minimum Gasteiger partial charge on any atom is -0.496 e. The molecule has 0 amide bonds. The van der Waals surface area contributed by atoms with E-state index in [1.54, 1.807) is 14.0 Å².